The summed E-state index contributed by atoms with van der Waals surface area (Å²) in [6.07, 6.45) is 3.96. The molecule has 130 valence electrons. The van der Waals surface area contributed by atoms with Crippen molar-refractivity contribution in [3.05, 3.63) is 41.0 Å². The van der Waals surface area contributed by atoms with Gasteiger partial charge >= 0.3 is 0 Å². The smallest absolute Gasteiger partial charge is 0.191 e. The van der Waals surface area contributed by atoms with E-state index >= 15 is 0 Å². The van der Waals surface area contributed by atoms with Crippen molar-refractivity contribution in [3.8, 4) is 0 Å². The molecule has 4 rings (SSSR count). The Bertz CT molecular complexity index is 896. The number of hydrogen-bond donors (Lipinski definition) is 1. The number of thiophene rings is 1. The Morgan fingerprint density at radius 2 is 2.16 bits per heavy atom. The highest BCUT2D eigenvalue weighted by molar-refractivity contribution is 7.99. The third kappa shape index (κ3) is 3.36. The molecule has 0 amide bonds. The minimum absolute atomic E-state index is 0.170. The fourth-order valence-corrected chi connectivity index (χ4v) is 5.40. The first kappa shape index (κ1) is 16.8. The van der Waals surface area contributed by atoms with Crippen LogP contribution in [-0.2, 0) is 0 Å². The molecule has 0 bridgehead atoms. The van der Waals surface area contributed by atoms with Gasteiger partial charge in [-0.15, -0.1) is 21.5 Å². The summed E-state index contributed by atoms with van der Waals surface area (Å²) in [5.74, 6) is 0.570. The zero-order valence-corrected chi connectivity index (χ0v) is 15.7. The lowest BCUT2D eigenvalue weighted by Gasteiger charge is -2.24. The number of Topliss-reactive ketones (excluding diaryl/α,β-unsaturated/α-hetero) is 1. The van der Waals surface area contributed by atoms with Gasteiger partial charge in [-0.05, 0) is 49.9 Å². The standard InChI is InChI=1S/C18H20N4OS2/c1-12-14-4-2-3-5-16(14)25-17(12)15(23)10-24-18-21-20-11-22(18)13-6-8-19-9-7-13/h2-5,11,13,19H,6-10H2,1H3. The van der Waals surface area contributed by atoms with Crippen molar-refractivity contribution in [1.82, 2.24) is 20.1 Å². The largest absolute Gasteiger partial charge is 0.317 e. The van der Waals surface area contributed by atoms with Gasteiger partial charge in [0.05, 0.1) is 10.6 Å². The van der Waals surface area contributed by atoms with Crippen molar-refractivity contribution in [2.75, 3.05) is 18.8 Å². The number of thioether (sulfide) groups is 1. The van der Waals surface area contributed by atoms with Crippen LogP contribution in [0, 0.1) is 6.92 Å². The maximum absolute atomic E-state index is 12.7. The normalized spacial score (nSPS) is 15.7. The summed E-state index contributed by atoms with van der Waals surface area (Å²) in [5.41, 5.74) is 1.09. The van der Waals surface area contributed by atoms with Gasteiger partial charge in [-0.2, -0.15) is 0 Å². The molecule has 1 N–H and O–H groups in total. The summed E-state index contributed by atoms with van der Waals surface area (Å²) in [4.78, 5) is 13.6. The summed E-state index contributed by atoms with van der Waals surface area (Å²) < 4.78 is 3.31. The average molecular weight is 373 g/mol. The monoisotopic (exact) mass is 372 g/mol. The summed E-state index contributed by atoms with van der Waals surface area (Å²) in [6, 6.07) is 8.62. The maximum Gasteiger partial charge on any atom is 0.191 e. The number of nitrogens with one attached hydrogen (secondary N) is 1. The van der Waals surface area contributed by atoms with E-state index in [2.05, 4.69) is 32.2 Å². The number of carbonyl (C=O) groups excluding carboxylic acids is 1. The van der Waals surface area contributed by atoms with E-state index in [0.717, 1.165) is 41.5 Å². The van der Waals surface area contributed by atoms with E-state index in [4.69, 9.17) is 0 Å². The van der Waals surface area contributed by atoms with Crippen LogP contribution >= 0.6 is 23.1 Å². The van der Waals surface area contributed by atoms with Crippen molar-refractivity contribution >= 4 is 39.0 Å². The Hall–Kier alpha value is -1.70. The van der Waals surface area contributed by atoms with Crippen molar-refractivity contribution in [1.29, 1.82) is 0 Å². The summed E-state index contributed by atoms with van der Waals surface area (Å²) in [7, 11) is 0. The molecule has 1 aliphatic rings. The van der Waals surface area contributed by atoms with Gasteiger partial charge in [-0.3, -0.25) is 4.79 Å². The molecule has 5 nitrogen and oxygen atoms in total. The van der Waals surface area contributed by atoms with Gasteiger partial charge in [-0.1, -0.05) is 30.0 Å². The van der Waals surface area contributed by atoms with Crippen molar-refractivity contribution < 1.29 is 4.79 Å². The zero-order chi connectivity index (χ0) is 17.2. The molecular formula is C18H20N4OS2. The van der Waals surface area contributed by atoms with Gasteiger partial charge in [0, 0.05) is 10.7 Å². The maximum atomic E-state index is 12.7. The lowest BCUT2D eigenvalue weighted by atomic mass is 10.1. The second kappa shape index (κ2) is 7.27. The predicted molar refractivity (Wildman–Crippen MR) is 103 cm³/mol. The molecule has 0 atom stereocenters. The average Bonchev–Trinajstić information content (AvgIpc) is 3.25. The number of benzene rings is 1. The lowest BCUT2D eigenvalue weighted by molar-refractivity contribution is 0.102. The minimum atomic E-state index is 0.170. The molecule has 1 aliphatic heterocycles. The number of nitrogens with zero attached hydrogens (tertiary/aromatic N) is 3. The van der Waals surface area contributed by atoms with Gasteiger partial charge < -0.3 is 9.88 Å². The van der Waals surface area contributed by atoms with Crippen molar-refractivity contribution in [2.45, 2.75) is 31.0 Å². The van der Waals surface area contributed by atoms with Gasteiger partial charge in [0.2, 0.25) is 0 Å². The Morgan fingerprint density at radius 1 is 1.36 bits per heavy atom. The number of piperidine rings is 1. The number of fused-ring (bicyclic) bond motifs is 1. The second-order valence-corrected chi connectivity index (χ2v) is 8.26. The van der Waals surface area contributed by atoms with E-state index in [1.807, 2.05) is 19.1 Å². The molecule has 1 aromatic carbocycles. The highest BCUT2D eigenvalue weighted by Crippen LogP contribution is 2.32. The number of ketones is 1. The number of hydrogen-bond acceptors (Lipinski definition) is 6. The molecule has 0 radical (unpaired) electrons. The fraction of sp³-hybridized carbons (Fsp3) is 0.389. The Balaban J connectivity index is 1.49. The lowest BCUT2D eigenvalue weighted by Crippen LogP contribution is -2.29. The van der Waals surface area contributed by atoms with Gasteiger partial charge in [0.25, 0.3) is 0 Å². The van der Waals surface area contributed by atoms with E-state index < -0.39 is 0 Å². The first-order valence-electron chi connectivity index (χ1n) is 8.48. The quantitative estimate of drug-likeness (QED) is 0.547. The van der Waals surface area contributed by atoms with E-state index in [-0.39, 0.29) is 5.78 Å². The van der Waals surface area contributed by atoms with E-state index in [1.165, 1.54) is 21.8 Å². The molecule has 0 aliphatic carbocycles. The summed E-state index contributed by atoms with van der Waals surface area (Å²) in [6.45, 7) is 4.08. The molecule has 2 aromatic heterocycles. The Labute approximate surface area is 154 Å². The Kier molecular flexibility index (Phi) is 4.87. The number of rotatable bonds is 5. The zero-order valence-electron chi connectivity index (χ0n) is 14.1. The molecule has 0 unspecified atom stereocenters. The molecule has 7 heteroatoms. The predicted octanol–water partition coefficient (Wildman–Crippen LogP) is 3.70. The van der Waals surface area contributed by atoms with Crippen LogP contribution in [0.25, 0.3) is 10.1 Å². The van der Waals surface area contributed by atoms with Crippen LogP contribution in [0.1, 0.15) is 34.1 Å². The van der Waals surface area contributed by atoms with E-state index in [0.29, 0.717) is 11.8 Å². The number of aromatic nitrogens is 3. The topological polar surface area (TPSA) is 59.8 Å². The first-order valence-corrected chi connectivity index (χ1v) is 10.3. The van der Waals surface area contributed by atoms with Crippen LogP contribution in [0.15, 0.2) is 35.7 Å². The number of carbonyl (C=O) groups is 1. The molecule has 3 aromatic rings. The molecule has 1 saturated heterocycles. The van der Waals surface area contributed by atoms with Gasteiger partial charge in [-0.25, -0.2) is 0 Å². The minimum Gasteiger partial charge on any atom is -0.317 e. The Morgan fingerprint density at radius 3 is 2.96 bits per heavy atom. The first-order chi connectivity index (χ1) is 12.2. The summed E-state index contributed by atoms with van der Waals surface area (Å²) >= 11 is 3.08. The highest BCUT2D eigenvalue weighted by Gasteiger charge is 2.20. The highest BCUT2D eigenvalue weighted by atomic mass is 32.2. The van der Waals surface area contributed by atoms with Crippen LogP contribution < -0.4 is 5.32 Å². The van der Waals surface area contributed by atoms with Crippen LogP contribution in [-0.4, -0.2) is 39.4 Å². The van der Waals surface area contributed by atoms with Crippen LogP contribution in [0.4, 0.5) is 0 Å². The van der Waals surface area contributed by atoms with E-state index in [1.54, 1.807) is 17.7 Å². The number of aryl methyl sites for hydroxylation is 1. The van der Waals surface area contributed by atoms with Crippen molar-refractivity contribution in [3.63, 3.8) is 0 Å². The molecular weight excluding hydrogens is 352 g/mol. The summed E-state index contributed by atoms with van der Waals surface area (Å²) in [5, 5.41) is 13.7. The third-order valence-corrected chi connectivity index (χ3v) is 6.94. The van der Waals surface area contributed by atoms with E-state index in [9.17, 15) is 4.79 Å². The third-order valence-electron chi connectivity index (χ3n) is 4.67. The molecule has 0 spiro atoms. The van der Waals surface area contributed by atoms with Crippen molar-refractivity contribution in [2.24, 2.45) is 0 Å². The van der Waals surface area contributed by atoms with Crippen LogP contribution in [0.5, 0.6) is 0 Å². The molecule has 0 saturated carbocycles. The SMILES string of the molecule is Cc1c(C(=O)CSc2nncn2C2CCNCC2)sc2ccccc12. The van der Waals surface area contributed by atoms with Crippen LogP contribution in [0.2, 0.25) is 0 Å². The fourth-order valence-electron chi connectivity index (χ4n) is 3.31. The van der Waals surface area contributed by atoms with Crippen LogP contribution in [0.3, 0.4) is 0 Å². The second-order valence-electron chi connectivity index (χ2n) is 6.27. The molecule has 25 heavy (non-hydrogen) atoms. The molecule has 1 fully saturated rings. The van der Waals surface area contributed by atoms with Gasteiger partial charge in [0.1, 0.15) is 6.33 Å². The van der Waals surface area contributed by atoms with Gasteiger partial charge in [0.15, 0.2) is 10.9 Å². The molecule has 3 heterocycles.